The molecule has 0 aliphatic carbocycles. The monoisotopic (exact) mass is 240 g/mol. The smallest absolute Gasteiger partial charge is 0.162 e. The lowest BCUT2D eigenvalue weighted by Gasteiger charge is -2.07. The minimum Gasteiger partial charge on any atom is -0.385 e. The summed E-state index contributed by atoms with van der Waals surface area (Å²) in [5.41, 5.74) is 0.762. The van der Waals surface area contributed by atoms with Crippen LogP contribution in [0.25, 0.3) is 0 Å². The van der Waals surface area contributed by atoms with Crippen molar-refractivity contribution in [2.45, 2.75) is 24.6 Å². The van der Waals surface area contributed by atoms with Crippen LogP contribution in [0.1, 0.15) is 29.6 Å². The fourth-order valence-electron chi connectivity index (χ4n) is 1.45. The van der Waals surface area contributed by atoms with Crippen molar-refractivity contribution in [1.82, 2.24) is 0 Å². The van der Waals surface area contributed by atoms with Crippen molar-refractivity contribution >= 4 is 17.4 Å². The summed E-state index contributed by atoms with van der Waals surface area (Å²) in [6, 6.07) is 9.31. The van der Waals surface area contributed by atoms with E-state index in [1.807, 2.05) is 30.3 Å². The van der Waals surface area contributed by atoms with Crippen LogP contribution >= 0.6 is 11.6 Å². The number of hydrogen-bond donors (Lipinski definition) is 0. The fraction of sp³-hybridized carbons (Fsp3) is 0.462. The van der Waals surface area contributed by atoms with Crippen LogP contribution in [0.3, 0.4) is 0 Å². The molecular weight excluding hydrogens is 224 g/mol. The standard InChI is InChI=1S/C13H17ClO2/c1-16-10-9-12(14)7-8-13(15)11-5-3-2-4-6-11/h2-6,12H,7-10H2,1H3. The van der Waals surface area contributed by atoms with Crippen molar-refractivity contribution < 1.29 is 9.53 Å². The van der Waals surface area contributed by atoms with Crippen LogP contribution in [0.5, 0.6) is 0 Å². The Morgan fingerprint density at radius 3 is 2.62 bits per heavy atom. The van der Waals surface area contributed by atoms with Crippen molar-refractivity contribution in [2.75, 3.05) is 13.7 Å². The summed E-state index contributed by atoms with van der Waals surface area (Å²) in [5, 5.41) is 0.0209. The van der Waals surface area contributed by atoms with Gasteiger partial charge in [0.1, 0.15) is 0 Å². The minimum atomic E-state index is 0.0209. The Kier molecular flexibility index (Phi) is 6.12. The number of ketones is 1. The Labute approximate surface area is 102 Å². The third kappa shape index (κ3) is 4.77. The summed E-state index contributed by atoms with van der Waals surface area (Å²) >= 11 is 6.06. The Bertz CT molecular complexity index is 311. The molecule has 16 heavy (non-hydrogen) atoms. The first kappa shape index (κ1) is 13.2. The second-order valence-corrected chi connectivity index (χ2v) is 4.32. The average Bonchev–Trinajstić information content (AvgIpc) is 2.34. The van der Waals surface area contributed by atoms with E-state index in [1.54, 1.807) is 7.11 Å². The Hall–Kier alpha value is -0.860. The van der Waals surface area contributed by atoms with E-state index in [0.29, 0.717) is 19.4 Å². The molecule has 1 atom stereocenters. The molecule has 1 unspecified atom stereocenters. The van der Waals surface area contributed by atoms with E-state index in [9.17, 15) is 4.79 Å². The third-order valence-corrected chi connectivity index (χ3v) is 2.85. The molecule has 1 aromatic rings. The third-order valence-electron chi connectivity index (χ3n) is 2.42. The molecule has 0 saturated heterocycles. The van der Waals surface area contributed by atoms with Gasteiger partial charge in [-0.05, 0) is 12.8 Å². The number of Topliss-reactive ketones (excluding diaryl/α,β-unsaturated/α-hetero) is 1. The quantitative estimate of drug-likeness (QED) is 0.540. The first-order valence-corrected chi connectivity index (χ1v) is 5.89. The van der Waals surface area contributed by atoms with Gasteiger partial charge in [-0.15, -0.1) is 11.6 Å². The first-order valence-electron chi connectivity index (χ1n) is 5.45. The normalized spacial score (nSPS) is 12.4. The van der Waals surface area contributed by atoms with E-state index in [4.69, 9.17) is 16.3 Å². The highest BCUT2D eigenvalue weighted by molar-refractivity contribution is 6.20. The highest BCUT2D eigenvalue weighted by Gasteiger charge is 2.09. The van der Waals surface area contributed by atoms with Crippen molar-refractivity contribution in [3.05, 3.63) is 35.9 Å². The average molecular weight is 241 g/mol. The summed E-state index contributed by atoms with van der Waals surface area (Å²) in [6.07, 6.45) is 2.00. The van der Waals surface area contributed by atoms with E-state index < -0.39 is 0 Å². The van der Waals surface area contributed by atoms with Gasteiger partial charge in [-0.1, -0.05) is 30.3 Å². The summed E-state index contributed by atoms with van der Waals surface area (Å²) in [6.45, 7) is 0.647. The zero-order valence-corrected chi connectivity index (χ0v) is 10.2. The minimum absolute atomic E-state index is 0.0209. The van der Waals surface area contributed by atoms with Crippen LogP contribution < -0.4 is 0 Å². The lowest BCUT2D eigenvalue weighted by Crippen LogP contribution is -2.07. The fourth-order valence-corrected chi connectivity index (χ4v) is 1.64. The Morgan fingerprint density at radius 2 is 2.00 bits per heavy atom. The van der Waals surface area contributed by atoms with Crippen LogP contribution in [0.15, 0.2) is 30.3 Å². The predicted octanol–water partition coefficient (Wildman–Crippen LogP) is 3.29. The maximum absolute atomic E-state index is 11.7. The van der Waals surface area contributed by atoms with E-state index in [0.717, 1.165) is 12.0 Å². The van der Waals surface area contributed by atoms with Gasteiger partial charge in [-0.3, -0.25) is 4.79 Å². The molecule has 0 N–H and O–H groups in total. The molecule has 1 rings (SSSR count). The molecule has 0 aromatic heterocycles. The van der Waals surface area contributed by atoms with Gasteiger partial charge in [-0.25, -0.2) is 0 Å². The summed E-state index contributed by atoms with van der Waals surface area (Å²) in [5.74, 6) is 0.156. The molecule has 0 amide bonds. The summed E-state index contributed by atoms with van der Waals surface area (Å²) in [7, 11) is 1.65. The predicted molar refractivity (Wildman–Crippen MR) is 66.1 cm³/mol. The van der Waals surface area contributed by atoms with Crippen LogP contribution in [0.4, 0.5) is 0 Å². The first-order chi connectivity index (χ1) is 7.74. The van der Waals surface area contributed by atoms with Crippen molar-refractivity contribution in [2.24, 2.45) is 0 Å². The zero-order chi connectivity index (χ0) is 11.8. The number of rotatable bonds is 7. The molecule has 2 nitrogen and oxygen atoms in total. The number of benzene rings is 1. The number of methoxy groups -OCH3 is 1. The number of alkyl halides is 1. The van der Waals surface area contributed by atoms with Gasteiger partial charge in [0.15, 0.2) is 5.78 Å². The van der Waals surface area contributed by atoms with Crippen LogP contribution in [0, 0.1) is 0 Å². The van der Waals surface area contributed by atoms with Gasteiger partial charge >= 0.3 is 0 Å². The molecule has 1 aromatic carbocycles. The van der Waals surface area contributed by atoms with Gasteiger partial charge < -0.3 is 4.74 Å². The van der Waals surface area contributed by atoms with Crippen molar-refractivity contribution in [3.63, 3.8) is 0 Å². The van der Waals surface area contributed by atoms with E-state index in [2.05, 4.69) is 0 Å². The second-order valence-electron chi connectivity index (χ2n) is 3.71. The second kappa shape index (κ2) is 7.42. The zero-order valence-electron chi connectivity index (χ0n) is 9.49. The molecule has 0 heterocycles. The van der Waals surface area contributed by atoms with Gasteiger partial charge in [0.05, 0.1) is 0 Å². The molecule has 0 radical (unpaired) electrons. The Balaban J connectivity index is 2.30. The highest BCUT2D eigenvalue weighted by Crippen LogP contribution is 2.13. The molecule has 0 saturated carbocycles. The number of ether oxygens (including phenoxy) is 1. The molecule has 0 aliphatic rings. The van der Waals surface area contributed by atoms with Crippen molar-refractivity contribution in [1.29, 1.82) is 0 Å². The lowest BCUT2D eigenvalue weighted by molar-refractivity contribution is 0.0978. The number of carbonyl (C=O) groups excluding carboxylic acids is 1. The molecule has 0 bridgehead atoms. The molecule has 88 valence electrons. The largest absolute Gasteiger partial charge is 0.385 e. The van der Waals surface area contributed by atoms with Crippen LogP contribution in [0.2, 0.25) is 0 Å². The molecule has 0 aliphatic heterocycles. The summed E-state index contributed by atoms with van der Waals surface area (Å²) < 4.78 is 4.93. The Morgan fingerprint density at radius 1 is 1.31 bits per heavy atom. The highest BCUT2D eigenvalue weighted by atomic mass is 35.5. The van der Waals surface area contributed by atoms with Crippen LogP contribution in [-0.2, 0) is 4.74 Å². The molecule has 0 spiro atoms. The van der Waals surface area contributed by atoms with E-state index in [-0.39, 0.29) is 11.2 Å². The summed E-state index contributed by atoms with van der Waals surface area (Å²) in [4.78, 5) is 11.7. The van der Waals surface area contributed by atoms with Crippen LogP contribution in [-0.4, -0.2) is 24.9 Å². The maximum atomic E-state index is 11.7. The van der Waals surface area contributed by atoms with Gasteiger partial charge in [0.2, 0.25) is 0 Å². The molecular formula is C13H17ClO2. The van der Waals surface area contributed by atoms with Gasteiger partial charge in [-0.2, -0.15) is 0 Å². The number of hydrogen-bond acceptors (Lipinski definition) is 2. The maximum Gasteiger partial charge on any atom is 0.162 e. The van der Waals surface area contributed by atoms with E-state index in [1.165, 1.54) is 0 Å². The lowest BCUT2D eigenvalue weighted by atomic mass is 10.0. The van der Waals surface area contributed by atoms with Gasteiger partial charge in [0, 0.05) is 31.1 Å². The van der Waals surface area contributed by atoms with E-state index >= 15 is 0 Å². The van der Waals surface area contributed by atoms with Crippen molar-refractivity contribution in [3.8, 4) is 0 Å². The molecule has 0 fully saturated rings. The number of carbonyl (C=O) groups is 1. The molecule has 3 heteroatoms. The SMILES string of the molecule is COCCC(Cl)CCC(=O)c1ccccc1. The number of halogens is 1. The van der Waals surface area contributed by atoms with Gasteiger partial charge in [0.25, 0.3) is 0 Å². The topological polar surface area (TPSA) is 26.3 Å².